The first-order valence-electron chi connectivity index (χ1n) is 6.27. The highest BCUT2D eigenvalue weighted by atomic mass is 14.9. The van der Waals surface area contributed by atoms with Crippen LogP contribution in [0.25, 0.3) is 0 Å². The fraction of sp³-hybridized carbons (Fsp3) is 1.00. The van der Waals surface area contributed by atoms with Gasteiger partial charge in [-0.2, -0.15) is 0 Å². The van der Waals surface area contributed by atoms with Crippen molar-refractivity contribution in [1.82, 2.24) is 5.32 Å². The lowest BCUT2D eigenvalue weighted by molar-refractivity contribution is 0.0436. The summed E-state index contributed by atoms with van der Waals surface area (Å²) in [5, 5.41) is 3.64. The molecule has 1 saturated carbocycles. The summed E-state index contributed by atoms with van der Waals surface area (Å²) in [5.74, 6) is 0.811. The minimum absolute atomic E-state index is 0.539. The van der Waals surface area contributed by atoms with Gasteiger partial charge < -0.3 is 5.32 Å². The lowest BCUT2D eigenvalue weighted by Gasteiger charge is -2.47. The number of nitrogens with one attached hydrogen (secondary N) is 1. The molecule has 2 rings (SSSR count). The maximum Gasteiger partial charge on any atom is 0.000782 e. The molecule has 0 aromatic carbocycles. The van der Waals surface area contributed by atoms with Gasteiger partial charge in [-0.05, 0) is 49.0 Å². The van der Waals surface area contributed by atoms with E-state index in [2.05, 4.69) is 26.1 Å². The first kappa shape index (κ1) is 10.5. The highest BCUT2D eigenvalue weighted by Crippen LogP contribution is 2.53. The number of hydrogen-bond donors (Lipinski definition) is 1. The smallest absolute Gasteiger partial charge is 0.000782 e. The highest BCUT2D eigenvalue weighted by molar-refractivity contribution is 4.97. The summed E-state index contributed by atoms with van der Waals surface area (Å²) in [6.45, 7) is 9.74. The van der Waals surface area contributed by atoms with Gasteiger partial charge in [0.25, 0.3) is 0 Å². The topological polar surface area (TPSA) is 12.0 Å². The van der Waals surface area contributed by atoms with Gasteiger partial charge >= 0.3 is 0 Å². The van der Waals surface area contributed by atoms with E-state index in [4.69, 9.17) is 0 Å². The van der Waals surface area contributed by atoms with Crippen molar-refractivity contribution in [2.24, 2.45) is 16.7 Å². The number of rotatable bonds is 1. The van der Waals surface area contributed by atoms with Crippen molar-refractivity contribution in [3.05, 3.63) is 0 Å². The Morgan fingerprint density at radius 2 is 1.86 bits per heavy atom. The SMILES string of the molecule is CC(C)C1(C)CNCCC2(CCC2)C1. The molecule has 1 atom stereocenters. The molecule has 1 N–H and O–H groups in total. The molecule has 0 bridgehead atoms. The van der Waals surface area contributed by atoms with Crippen LogP contribution in [-0.4, -0.2) is 13.1 Å². The lowest BCUT2D eigenvalue weighted by Crippen LogP contribution is -2.39. The maximum absolute atomic E-state index is 3.64. The minimum Gasteiger partial charge on any atom is -0.316 e. The summed E-state index contributed by atoms with van der Waals surface area (Å²) < 4.78 is 0. The molecule has 0 amide bonds. The molecule has 2 fully saturated rings. The molecule has 1 heterocycles. The van der Waals surface area contributed by atoms with Crippen molar-refractivity contribution >= 4 is 0 Å². The third-order valence-corrected chi connectivity index (χ3v) is 4.95. The summed E-state index contributed by atoms with van der Waals surface area (Å²) in [7, 11) is 0. The number of hydrogen-bond acceptors (Lipinski definition) is 1. The van der Waals surface area contributed by atoms with Gasteiger partial charge in [-0.25, -0.2) is 0 Å². The molecule has 0 radical (unpaired) electrons. The van der Waals surface area contributed by atoms with Crippen LogP contribution in [0.4, 0.5) is 0 Å². The fourth-order valence-electron chi connectivity index (χ4n) is 3.25. The molecule has 2 aliphatic rings. The Hall–Kier alpha value is -0.0400. The molecule has 1 aliphatic heterocycles. The van der Waals surface area contributed by atoms with Crippen molar-refractivity contribution in [3.63, 3.8) is 0 Å². The van der Waals surface area contributed by atoms with Crippen LogP contribution in [-0.2, 0) is 0 Å². The summed E-state index contributed by atoms with van der Waals surface area (Å²) in [6, 6.07) is 0. The largest absolute Gasteiger partial charge is 0.316 e. The third-order valence-electron chi connectivity index (χ3n) is 4.95. The first-order chi connectivity index (χ1) is 6.56. The van der Waals surface area contributed by atoms with Crippen molar-refractivity contribution in [2.45, 2.75) is 52.9 Å². The first-order valence-corrected chi connectivity index (χ1v) is 6.27. The van der Waals surface area contributed by atoms with E-state index in [1.165, 1.54) is 45.2 Å². The standard InChI is InChI=1S/C13H25N/c1-11(2)12(3)9-13(5-4-6-13)7-8-14-10-12/h11,14H,4-10H2,1-3H3. The van der Waals surface area contributed by atoms with E-state index in [0.29, 0.717) is 5.41 Å². The zero-order valence-electron chi connectivity index (χ0n) is 10.0. The lowest BCUT2D eigenvalue weighted by atomic mass is 9.58. The van der Waals surface area contributed by atoms with Gasteiger partial charge in [0.1, 0.15) is 0 Å². The van der Waals surface area contributed by atoms with Crippen molar-refractivity contribution in [3.8, 4) is 0 Å². The quantitative estimate of drug-likeness (QED) is 0.677. The Kier molecular flexibility index (Phi) is 2.63. The van der Waals surface area contributed by atoms with Crippen LogP contribution < -0.4 is 5.32 Å². The van der Waals surface area contributed by atoms with E-state index < -0.39 is 0 Å². The predicted octanol–water partition coefficient (Wildman–Crippen LogP) is 3.20. The van der Waals surface area contributed by atoms with Crippen LogP contribution in [0.15, 0.2) is 0 Å². The van der Waals surface area contributed by atoms with E-state index in [1.807, 2.05) is 0 Å². The van der Waals surface area contributed by atoms with E-state index in [0.717, 1.165) is 11.3 Å². The van der Waals surface area contributed by atoms with Crippen LogP contribution in [0.2, 0.25) is 0 Å². The van der Waals surface area contributed by atoms with Crippen LogP contribution in [0.3, 0.4) is 0 Å². The molecule has 0 aromatic rings. The van der Waals surface area contributed by atoms with Gasteiger partial charge in [-0.15, -0.1) is 0 Å². The van der Waals surface area contributed by atoms with Crippen LogP contribution in [0.1, 0.15) is 52.9 Å². The van der Waals surface area contributed by atoms with Crippen LogP contribution in [0.5, 0.6) is 0 Å². The third kappa shape index (κ3) is 1.71. The molecule has 0 aromatic heterocycles. The van der Waals surface area contributed by atoms with Crippen molar-refractivity contribution in [1.29, 1.82) is 0 Å². The van der Waals surface area contributed by atoms with Crippen LogP contribution >= 0.6 is 0 Å². The average molecular weight is 195 g/mol. The summed E-state index contributed by atoms with van der Waals surface area (Å²) in [5.41, 5.74) is 1.28. The monoisotopic (exact) mass is 195 g/mol. The molecular formula is C13H25N. The molecule has 1 spiro atoms. The van der Waals surface area contributed by atoms with Gasteiger partial charge in [-0.3, -0.25) is 0 Å². The molecule has 14 heavy (non-hydrogen) atoms. The Bertz CT molecular complexity index is 205. The Morgan fingerprint density at radius 3 is 2.36 bits per heavy atom. The van der Waals surface area contributed by atoms with Gasteiger partial charge in [0.15, 0.2) is 0 Å². The zero-order valence-corrected chi connectivity index (χ0v) is 10.0. The Morgan fingerprint density at radius 1 is 1.14 bits per heavy atom. The highest BCUT2D eigenvalue weighted by Gasteiger charge is 2.44. The second-order valence-electron chi connectivity index (χ2n) is 6.27. The summed E-state index contributed by atoms with van der Waals surface area (Å²) >= 11 is 0. The second-order valence-corrected chi connectivity index (χ2v) is 6.27. The van der Waals surface area contributed by atoms with Crippen molar-refractivity contribution in [2.75, 3.05) is 13.1 Å². The summed E-state index contributed by atoms with van der Waals surface area (Å²) in [4.78, 5) is 0. The molecule has 1 nitrogen and oxygen atoms in total. The molecular weight excluding hydrogens is 170 g/mol. The van der Waals surface area contributed by atoms with Crippen LogP contribution in [0, 0.1) is 16.7 Å². The molecule has 1 saturated heterocycles. The average Bonchev–Trinajstić information content (AvgIpc) is 2.24. The van der Waals surface area contributed by atoms with Gasteiger partial charge in [0.05, 0.1) is 0 Å². The zero-order chi connectivity index (χ0) is 10.2. The van der Waals surface area contributed by atoms with Gasteiger partial charge in [0, 0.05) is 6.54 Å². The predicted molar refractivity (Wildman–Crippen MR) is 61.3 cm³/mol. The molecule has 1 heteroatoms. The maximum atomic E-state index is 3.64. The van der Waals surface area contributed by atoms with Gasteiger partial charge in [0.2, 0.25) is 0 Å². The summed E-state index contributed by atoms with van der Waals surface area (Å²) in [6.07, 6.45) is 7.36. The fourth-order valence-corrected chi connectivity index (χ4v) is 3.25. The van der Waals surface area contributed by atoms with E-state index >= 15 is 0 Å². The van der Waals surface area contributed by atoms with Crippen molar-refractivity contribution < 1.29 is 0 Å². The molecule has 82 valence electrons. The Labute approximate surface area is 88.7 Å². The van der Waals surface area contributed by atoms with E-state index in [1.54, 1.807) is 0 Å². The second kappa shape index (κ2) is 3.52. The minimum atomic E-state index is 0.539. The Balaban J connectivity index is 2.11. The van der Waals surface area contributed by atoms with E-state index in [9.17, 15) is 0 Å². The van der Waals surface area contributed by atoms with E-state index in [-0.39, 0.29) is 0 Å². The molecule has 1 aliphatic carbocycles. The molecule has 1 unspecified atom stereocenters. The normalized spacial score (nSPS) is 36.9. The van der Waals surface area contributed by atoms with Gasteiger partial charge in [-0.1, -0.05) is 27.2 Å².